The maximum atomic E-state index is 5.77. The molecule has 16 heavy (non-hydrogen) atoms. The van der Waals surface area contributed by atoms with Crippen molar-refractivity contribution in [2.75, 3.05) is 6.61 Å². The molecule has 1 aromatic rings. The van der Waals surface area contributed by atoms with Gasteiger partial charge in [-0.2, -0.15) is 0 Å². The molecule has 0 radical (unpaired) electrons. The van der Waals surface area contributed by atoms with E-state index in [1.807, 2.05) is 0 Å². The van der Waals surface area contributed by atoms with Gasteiger partial charge in [0.25, 0.3) is 0 Å². The summed E-state index contributed by atoms with van der Waals surface area (Å²) in [6.45, 7) is 7.76. The number of unbranched alkanes of at least 4 members (excludes halogenated alkanes) is 1. The summed E-state index contributed by atoms with van der Waals surface area (Å²) in [6.07, 6.45) is 3.61. The fourth-order valence-electron chi connectivity index (χ4n) is 1.56. The Morgan fingerprint density at radius 3 is 2.38 bits per heavy atom. The monoisotopic (exact) mass is 236 g/mol. The van der Waals surface area contributed by atoms with Crippen molar-refractivity contribution in [3.8, 4) is 0 Å². The summed E-state index contributed by atoms with van der Waals surface area (Å²) >= 11 is 0. The Balaban J connectivity index is 2.01. The molecule has 0 N–H and O–H groups in total. The van der Waals surface area contributed by atoms with E-state index in [1.54, 1.807) is 0 Å². The van der Waals surface area contributed by atoms with Crippen LogP contribution < -0.4 is 0 Å². The molecule has 1 rings (SSSR count). The van der Waals surface area contributed by atoms with Gasteiger partial charge in [-0.15, -0.1) is 0 Å². The van der Waals surface area contributed by atoms with Gasteiger partial charge in [-0.25, -0.2) is 0 Å². The Hall–Kier alpha value is -0.603. The molecule has 0 bridgehead atoms. The zero-order valence-electron chi connectivity index (χ0n) is 10.8. The number of hydrogen-bond donors (Lipinski definition) is 0. The quantitative estimate of drug-likeness (QED) is 0.544. The van der Waals surface area contributed by atoms with Crippen LogP contribution in [0.3, 0.4) is 0 Å². The highest BCUT2D eigenvalue weighted by molar-refractivity contribution is 6.31. The minimum atomic E-state index is -0.341. The molecule has 0 spiro atoms. The second-order valence-corrected chi connectivity index (χ2v) is 8.37. The molecule has 90 valence electrons. The van der Waals surface area contributed by atoms with Gasteiger partial charge in [0.1, 0.15) is 0 Å². The van der Waals surface area contributed by atoms with Gasteiger partial charge in [-0.05, 0) is 29.9 Å². The molecule has 0 saturated heterocycles. The van der Waals surface area contributed by atoms with E-state index < -0.39 is 0 Å². The molecular formula is C14H24OSi. The van der Waals surface area contributed by atoms with E-state index in [-0.39, 0.29) is 9.76 Å². The molecular weight excluding hydrogens is 212 g/mol. The molecule has 0 fully saturated rings. The largest absolute Gasteiger partial charge is 0.423 e. The Labute approximate surface area is 102 Å². The van der Waals surface area contributed by atoms with E-state index >= 15 is 0 Å². The smallest absolute Gasteiger partial charge is 0.166 e. The van der Waals surface area contributed by atoms with Gasteiger partial charge in [0.15, 0.2) is 9.76 Å². The van der Waals surface area contributed by atoms with Crippen LogP contribution in [-0.4, -0.2) is 16.4 Å². The minimum Gasteiger partial charge on any atom is -0.423 e. The zero-order chi connectivity index (χ0) is 11.9. The Bertz CT molecular complexity index is 277. The molecule has 0 amide bonds. The molecule has 0 unspecified atom stereocenters. The lowest BCUT2D eigenvalue weighted by Gasteiger charge is -2.16. The van der Waals surface area contributed by atoms with E-state index in [4.69, 9.17) is 4.43 Å². The Morgan fingerprint density at radius 2 is 1.75 bits per heavy atom. The molecule has 0 heterocycles. The van der Waals surface area contributed by atoms with E-state index in [0.717, 1.165) is 6.61 Å². The molecule has 0 aliphatic heterocycles. The predicted octanol–water partition coefficient (Wildman–Crippen LogP) is 3.33. The van der Waals surface area contributed by atoms with Gasteiger partial charge in [-0.3, -0.25) is 0 Å². The first-order valence-corrected chi connectivity index (χ1v) is 7.48. The zero-order valence-corrected chi connectivity index (χ0v) is 12.2. The van der Waals surface area contributed by atoms with Crippen LogP contribution in [0.15, 0.2) is 30.3 Å². The van der Waals surface area contributed by atoms with E-state index in [2.05, 4.69) is 51.1 Å². The summed E-state index contributed by atoms with van der Waals surface area (Å²) in [5.41, 5.74) is 1.44. The van der Waals surface area contributed by atoms with Crippen molar-refractivity contribution < 1.29 is 4.43 Å². The predicted molar refractivity (Wildman–Crippen MR) is 73.6 cm³/mol. The standard InChI is InChI=1S/C14H24OSi/c1-14(2,3)16-15-12-8-7-11-13-9-5-4-6-10-13/h4-6,9-10H,7-8,11-12,16H2,1-3H3. The molecule has 0 aliphatic carbocycles. The summed E-state index contributed by atoms with van der Waals surface area (Å²) in [4.78, 5) is 0. The first-order chi connectivity index (χ1) is 7.58. The van der Waals surface area contributed by atoms with E-state index in [9.17, 15) is 0 Å². The number of benzene rings is 1. The summed E-state index contributed by atoms with van der Waals surface area (Å²) in [5.74, 6) is 0. The van der Waals surface area contributed by atoms with Crippen molar-refractivity contribution in [2.45, 2.75) is 45.1 Å². The van der Waals surface area contributed by atoms with E-state index in [1.165, 1.54) is 24.8 Å². The highest BCUT2D eigenvalue weighted by Crippen LogP contribution is 2.20. The SMILES string of the molecule is CC(C)(C)[SiH2]OCCCCc1ccccc1. The van der Waals surface area contributed by atoms with Crippen molar-refractivity contribution in [1.82, 2.24) is 0 Å². The van der Waals surface area contributed by atoms with Gasteiger partial charge >= 0.3 is 0 Å². The van der Waals surface area contributed by atoms with Crippen molar-refractivity contribution >= 4 is 9.76 Å². The van der Waals surface area contributed by atoms with Crippen LogP contribution in [0.1, 0.15) is 39.2 Å². The molecule has 1 aromatic carbocycles. The molecule has 0 saturated carbocycles. The van der Waals surface area contributed by atoms with Crippen LogP contribution >= 0.6 is 0 Å². The summed E-state index contributed by atoms with van der Waals surface area (Å²) < 4.78 is 5.77. The van der Waals surface area contributed by atoms with E-state index in [0.29, 0.717) is 5.04 Å². The average molecular weight is 236 g/mol. The maximum Gasteiger partial charge on any atom is 0.166 e. The highest BCUT2D eigenvalue weighted by atomic mass is 28.2. The van der Waals surface area contributed by atoms with Crippen LogP contribution in [0.2, 0.25) is 5.04 Å². The molecule has 0 aliphatic rings. The number of aryl methyl sites for hydroxylation is 1. The van der Waals surface area contributed by atoms with Crippen molar-refractivity contribution in [1.29, 1.82) is 0 Å². The third kappa shape index (κ3) is 6.80. The van der Waals surface area contributed by atoms with Crippen molar-refractivity contribution in [3.63, 3.8) is 0 Å². The highest BCUT2D eigenvalue weighted by Gasteiger charge is 2.10. The fraction of sp³-hybridized carbons (Fsp3) is 0.571. The van der Waals surface area contributed by atoms with Gasteiger partial charge in [0.05, 0.1) is 0 Å². The first-order valence-electron chi connectivity index (χ1n) is 6.20. The lowest BCUT2D eigenvalue weighted by atomic mass is 10.1. The number of rotatable bonds is 6. The molecule has 1 nitrogen and oxygen atoms in total. The van der Waals surface area contributed by atoms with Crippen molar-refractivity contribution in [2.24, 2.45) is 0 Å². The second-order valence-electron chi connectivity index (χ2n) is 5.56. The van der Waals surface area contributed by atoms with Crippen LogP contribution in [0.4, 0.5) is 0 Å². The van der Waals surface area contributed by atoms with Gasteiger partial charge in [0.2, 0.25) is 0 Å². The topological polar surface area (TPSA) is 9.23 Å². The van der Waals surface area contributed by atoms with Crippen molar-refractivity contribution in [3.05, 3.63) is 35.9 Å². The summed E-state index contributed by atoms with van der Waals surface area (Å²) in [6, 6.07) is 10.7. The lowest BCUT2D eigenvalue weighted by molar-refractivity contribution is 0.310. The first kappa shape index (κ1) is 13.5. The van der Waals surface area contributed by atoms with Gasteiger partial charge in [0, 0.05) is 6.61 Å². The molecule has 0 atom stereocenters. The normalized spacial score (nSPS) is 12.4. The van der Waals surface area contributed by atoms with Crippen LogP contribution in [0, 0.1) is 0 Å². The molecule has 2 heteroatoms. The third-order valence-corrected chi connectivity index (χ3v) is 3.74. The van der Waals surface area contributed by atoms with Crippen LogP contribution in [0.5, 0.6) is 0 Å². The van der Waals surface area contributed by atoms with Crippen LogP contribution in [0.25, 0.3) is 0 Å². The fourth-order valence-corrected chi connectivity index (χ4v) is 2.52. The van der Waals surface area contributed by atoms with Crippen LogP contribution in [-0.2, 0) is 10.8 Å². The second kappa shape index (κ2) is 6.87. The number of hydrogen-bond acceptors (Lipinski definition) is 1. The third-order valence-electron chi connectivity index (χ3n) is 2.38. The maximum absolute atomic E-state index is 5.77. The van der Waals surface area contributed by atoms with Gasteiger partial charge < -0.3 is 4.43 Å². The summed E-state index contributed by atoms with van der Waals surface area (Å²) in [5, 5.41) is 0.430. The Kier molecular flexibility index (Phi) is 5.78. The summed E-state index contributed by atoms with van der Waals surface area (Å²) in [7, 11) is -0.341. The lowest BCUT2D eigenvalue weighted by Crippen LogP contribution is -2.13. The molecule has 0 aromatic heterocycles. The minimum absolute atomic E-state index is 0.341. The Morgan fingerprint density at radius 1 is 1.06 bits per heavy atom. The van der Waals surface area contributed by atoms with Gasteiger partial charge in [-0.1, -0.05) is 51.1 Å². The average Bonchev–Trinajstić information content (AvgIpc) is 2.23.